The fourth-order valence-corrected chi connectivity index (χ4v) is 6.38. The first-order chi connectivity index (χ1) is 24.2. The van der Waals surface area contributed by atoms with Crippen molar-refractivity contribution in [2.24, 2.45) is 0 Å². The highest BCUT2D eigenvalue weighted by Crippen LogP contribution is 2.26. The number of benzene rings is 1. The lowest BCUT2D eigenvalue weighted by Gasteiger charge is -2.22. The number of amides is 2. The first-order valence-electron chi connectivity index (χ1n) is 20.4. The van der Waals surface area contributed by atoms with Crippen LogP contribution in [0.2, 0.25) is 0 Å². The molecule has 0 aromatic heterocycles. The molecular formula is C45H71NO3. The molecule has 49 heavy (non-hydrogen) atoms. The lowest BCUT2D eigenvalue weighted by molar-refractivity contribution is -0.137. The van der Waals surface area contributed by atoms with Gasteiger partial charge in [0.2, 0.25) is 0 Å². The fraction of sp³-hybridized carbons (Fsp3) is 0.644. The fourth-order valence-electron chi connectivity index (χ4n) is 6.38. The van der Waals surface area contributed by atoms with E-state index in [2.05, 4.69) is 62.5 Å². The number of hydrogen-bond acceptors (Lipinski definition) is 3. The van der Waals surface area contributed by atoms with Crippen molar-refractivity contribution in [3.05, 3.63) is 84.0 Å². The predicted octanol–water partition coefficient (Wildman–Crippen LogP) is 14.0. The summed E-state index contributed by atoms with van der Waals surface area (Å²) in [6.07, 6.45) is 49.6. The van der Waals surface area contributed by atoms with Crippen LogP contribution in [0.15, 0.2) is 72.9 Å². The Morgan fingerprint density at radius 1 is 0.490 bits per heavy atom. The van der Waals surface area contributed by atoms with Crippen molar-refractivity contribution in [2.45, 2.75) is 187 Å². The Morgan fingerprint density at radius 2 is 0.837 bits per heavy atom. The zero-order chi connectivity index (χ0) is 35.0. The number of hydrogen-bond donors (Lipinski definition) is 0. The minimum atomic E-state index is -0.320. The van der Waals surface area contributed by atoms with E-state index in [0.29, 0.717) is 11.1 Å². The molecule has 2 amide bonds. The average Bonchev–Trinajstić information content (AvgIpc) is 3.35. The molecule has 0 aliphatic carbocycles. The van der Waals surface area contributed by atoms with Crippen molar-refractivity contribution in [1.29, 1.82) is 0 Å². The van der Waals surface area contributed by atoms with Crippen LogP contribution in [0.3, 0.4) is 0 Å². The molecule has 1 heterocycles. The van der Waals surface area contributed by atoms with Crippen LogP contribution < -0.4 is 0 Å². The lowest BCUT2D eigenvalue weighted by atomic mass is 10.0. The van der Waals surface area contributed by atoms with Gasteiger partial charge in [0.05, 0.1) is 17.2 Å². The molecule has 274 valence electrons. The van der Waals surface area contributed by atoms with E-state index in [1.54, 1.807) is 24.3 Å². The van der Waals surface area contributed by atoms with Gasteiger partial charge in [0.25, 0.3) is 11.8 Å². The number of unbranched alkanes of at least 4 members (excludes halogenated alkanes) is 18. The Balaban J connectivity index is 1.61. The van der Waals surface area contributed by atoms with Crippen molar-refractivity contribution in [1.82, 2.24) is 5.06 Å². The highest BCUT2D eigenvalue weighted by atomic mass is 16.7. The molecule has 0 unspecified atom stereocenters. The highest BCUT2D eigenvalue weighted by molar-refractivity contribution is 6.20. The van der Waals surface area contributed by atoms with Gasteiger partial charge in [0.15, 0.2) is 0 Å². The van der Waals surface area contributed by atoms with Gasteiger partial charge in [-0.2, -0.15) is 0 Å². The minimum Gasteiger partial charge on any atom is -0.266 e. The number of imide groups is 1. The standard InChI is InChI=1S/C45H71NO3/c1-3-5-7-9-11-13-15-17-19-21-23-25-27-29-31-33-37-41(49-46-44(47)42-39-35-36-40-43(42)45(46)48)38-34-32-30-28-26-24-22-20-18-16-14-12-10-8-6-4-2/h11-14,17-20,35-36,39-41H,3-10,15-16,21-34,37-38H2,1-2H3/b13-11-,14-12-,19-17-,20-18-. The van der Waals surface area contributed by atoms with Gasteiger partial charge in [-0.25, -0.2) is 0 Å². The third-order valence-electron chi connectivity index (χ3n) is 9.46. The normalized spacial score (nSPS) is 13.6. The van der Waals surface area contributed by atoms with E-state index in [0.717, 1.165) is 43.6 Å². The molecule has 0 saturated carbocycles. The second-order valence-corrected chi connectivity index (χ2v) is 13.9. The van der Waals surface area contributed by atoms with E-state index in [1.165, 1.54) is 128 Å². The van der Waals surface area contributed by atoms with Gasteiger partial charge in [-0.1, -0.05) is 164 Å². The summed E-state index contributed by atoms with van der Waals surface area (Å²) in [5.41, 5.74) is 0.905. The summed E-state index contributed by atoms with van der Waals surface area (Å²) in [5, 5.41) is 1.04. The Hall–Kier alpha value is -2.72. The van der Waals surface area contributed by atoms with Gasteiger partial charge in [-0.05, 0) is 89.2 Å². The first kappa shape index (κ1) is 42.4. The number of carbonyl (C=O) groups is 2. The first-order valence-corrected chi connectivity index (χ1v) is 20.4. The van der Waals surface area contributed by atoms with Crippen molar-refractivity contribution >= 4 is 11.8 Å². The van der Waals surface area contributed by atoms with Gasteiger partial charge in [0, 0.05) is 0 Å². The van der Waals surface area contributed by atoms with Crippen LogP contribution >= 0.6 is 0 Å². The van der Waals surface area contributed by atoms with Crippen molar-refractivity contribution in [2.75, 3.05) is 0 Å². The summed E-state index contributed by atoms with van der Waals surface area (Å²) >= 11 is 0. The van der Waals surface area contributed by atoms with E-state index in [4.69, 9.17) is 4.84 Å². The molecule has 4 nitrogen and oxygen atoms in total. The molecule has 2 rings (SSSR count). The molecule has 4 heteroatoms. The Labute approximate surface area is 301 Å². The van der Waals surface area contributed by atoms with Crippen LogP contribution in [-0.2, 0) is 4.84 Å². The summed E-state index contributed by atoms with van der Waals surface area (Å²) in [6.45, 7) is 4.50. The maximum atomic E-state index is 13.0. The molecule has 0 atom stereocenters. The molecule has 0 spiro atoms. The second-order valence-electron chi connectivity index (χ2n) is 13.9. The van der Waals surface area contributed by atoms with Crippen LogP contribution in [-0.4, -0.2) is 23.0 Å². The summed E-state index contributed by atoms with van der Waals surface area (Å²) in [6, 6.07) is 7.05. The van der Waals surface area contributed by atoms with Crippen molar-refractivity contribution < 1.29 is 14.4 Å². The maximum Gasteiger partial charge on any atom is 0.285 e. The molecule has 0 fully saturated rings. The van der Waals surface area contributed by atoms with E-state index >= 15 is 0 Å². The van der Waals surface area contributed by atoms with Gasteiger partial charge in [-0.15, -0.1) is 5.06 Å². The molecule has 1 aliphatic rings. The average molecular weight is 674 g/mol. The summed E-state index contributed by atoms with van der Waals surface area (Å²) in [5.74, 6) is -0.639. The third-order valence-corrected chi connectivity index (χ3v) is 9.46. The number of fused-ring (bicyclic) bond motifs is 1. The molecule has 0 bridgehead atoms. The van der Waals surface area contributed by atoms with E-state index in [9.17, 15) is 9.59 Å². The molecular weight excluding hydrogens is 602 g/mol. The van der Waals surface area contributed by atoms with Crippen LogP contribution in [0.25, 0.3) is 0 Å². The Morgan fingerprint density at radius 3 is 1.22 bits per heavy atom. The smallest absolute Gasteiger partial charge is 0.266 e. The predicted molar refractivity (Wildman–Crippen MR) is 210 cm³/mol. The Kier molecular flexibility index (Phi) is 26.1. The summed E-state index contributed by atoms with van der Waals surface area (Å²) in [4.78, 5) is 32.1. The van der Waals surface area contributed by atoms with Crippen LogP contribution in [0.1, 0.15) is 202 Å². The van der Waals surface area contributed by atoms with Crippen molar-refractivity contribution in [3.63, 3.8) is 0 Å². The number of hydroxylamine groups is 2. The highest BCUT2D eigenvalue weighted by Gasteiger charge is 2.37. The zero-order valence-corrected chi connectivity index (χ0v) is 31.6. The van der Waals surface area contributed by atoms with E-state index in [-0.39, 0.29) is 17.9 Å². The molecule has 0 saturated heterocycles. The molecule has 1 aromatic carbocycles. The molecule has 1 aliphatic heterocycles. The minimum absolute atomic E-state index is 0.0983. The SMILES string of the molecule is CCCCC/C=C\C/C=C\CCCCCCCCC(CCCCCCCC/C=C\C/C=C\CCCCC)ON1C(=O)c2ccccc2C1=O. The molecule has 1 aromatic rings. The zero-order valence-electron chi connectivity index (χ0n) is 31.6. The number of allylic oxidation sites excluding steroid dienone is 8. The van der Waals surface area contributed by atoms with Gasteiger partial charge in [-0.3, -0.25) is 14.4 Å². The van der Waals surface area contributed by atoms with Crippen molar-refractivity contribution in [3.8, 4) is 0 Å². The molecule has 0 radical (unpaired) electrons. The van der Waals surface area contributed by atoms with Crippen LogP contribution in [0.5, 0.6) is 0 Å². The van der Waals surface area contributed by atoms with Gasteiger partial charge in [0.1, 0.15) is 0 Å². The topological polar surface area (TPSA) is 46.6 Å². The Bertz CT molecular complexity index is 1020. The number of nitrogens with zero attached hydrogens (tertiary/aromatic N) is 1. The summed E-state index contributed by atoms with van der Waals surface area (Å²) < 4.78 is 0. The lowest BCUT2D eigenvalue weighted by Crippen LogP contribution is -2.34. The van der Waals surface area contributed by atoms with Crippen LogP contribution in [0, 0.1) is 0 Å². The van der Waals surface area contributed by atoms with E-state index < -0.39 is 0 Å². The second kappa shape index (κ2) is 30.1. The van der Waals surface area contributed by atoms with E-state index in [1.807, 2.05) is 0 Å². The quantitative estimate of drug-likeness (QED) is 0.0434. The maximum absolute atomic E-state index is 13.0. The number of rotatable bonds is 32. The molecule has 0 N–H and O–H groups in total. The summed E-state index contributed by atoms with van der Waals surface area (Å²) in [7, 11) is 0. The van der Waals surface area contributed by atoms with Crippen LogP contribution in [0.4, 0.5) is 0 Å². The largest absolute Gasteiger partial charge is 0.285 e. The van der Waals surface area contributed by atoms with Gasteiger partial charge < -0.3 is 0 Å². The van der Waals surface area contributed by atoms with Gasteiger partial charge >= 0.3 is 0 Å². The third kappa shape index (κ3) is 20.5. The monoisotopic (exact) mass is 674 g/mol. The number of carbonyl (C=O) groups excluding carboxylic acids is 2.